The van der Waals surface area contributed by atoms with E-state index in [0.29, 0.717) is 11.3 Å². The van der Waals surface area contributed by atoms with Crippen molar-refractivity contribution in [3.05, 3.63) is 16.0 Å². The van der Waals surface area contributed by atoms with Crippen LogP contribution in [0.25, 0.3) is 0 Å². The molecule has 0 fully saturated rings. The molecular formula is C13H15F3N2O4S. The van der Waals surface area contributed by atoms with E-state index in [1.54, 1.807) is 5.32 Å². The van der Waals surface area contributed by atoms with E-state index in [1.807, 2.05) is 0 Å². The molecule has 128 valence electrons. The van der Waals surface area contributed by atoms with Gasteiger partial charge in [0.05, 0.1) is 17.0 Å². The summed E-state index contributed by atoms with van der Waals surface area (Å²) < 4.78 is 42.0. The number of esters is 1. The molecule has 1 aromatic rings. The molecule has 2 amide bonds. The maximum Gasteiger partial charge on any atom is 0.471 e. The summed E-state index contributed by atoms with van der Waals surface area (Å²) in [6.07, 6.45) is -5.12. The van der Waals surface area contributed by atoms with Crippen molar-refractivity contribution in [1.29, 1.82) is 0 Å². The zero-order valence-electron chi connectivity index (χ0n) is 12.8. The molecule has 6 nitrogen and oxygen atoms in total. The molecule has 23 heavy (non-hydrogen) atoms. The van der Waals surface area contributed by atoms with Gasteiger partial charge in [0, 0.05) is 14.1 Å². The van der Waals surface area contributed by atoms with Gasteiger partial charge in [-0.3, -0.25) is 9.59 Å². The van der Waals surface area contributed by atoms with E-state index in [0.717, 1.165) is 0 Å². The van der Waals surface area contributed by atoms with Gasteiger partial charge in [-0.05, 0) is 19.4 Å². The van der Waals surface area contributed by atoms with Crippen LogP contribution in [0.1, 0.15) is 32.5 Å². The Bertz CT molecular complexity index is 638. The summed E-state index contributed by atoms with van der Waals surface area (Å²) in [6.45, 7) is 2.93. The molecule has 0 saturated carbocycles. The summed E-state index contributed by atoms with van der Waals surface area (Å²) >= 11 is 0.597. The number of thiophene rings is 1. The molecule has 0 unspecified atom stereocenters. The normalized spacial score (nSPS) is 11.1. The Labute approximate surface area is 134 Å². The molecule has 0 aliphatic rings. The fraction of sp³-hybridized carbons (Fsp3) is 0.462. The van der Waals surface area contributed by atoms with E-state index < -0.39 is 24.0 Å². The number of nitrogens with one attached hydrogen (secondary N) is 1. The van der Waals surface area contributed by atoms with Crippen LogP contribution in [-0.4, -0.2) is 49.6 Å². The Morgan fingerprint density at radius 3 is 2.26 bits per heavy atom. The number of hydrogen-bond acceptors (Lipinski definition) is 5. The number of hydrogen-bond donors (Lipinski definition) is 1. The van der Waals surface area contributed by atoms with Crippen LogP contribution < -0.4 is 5.32 Å². The summed E-state index contributed by atoms with van der Waals surface area (Å²) in [5.41, 5.74) is -0.0933. The second-order valence-electron chi connectivity index (χ2n) is 4.63. The molecule has 0 radical (unpaired) electrons. The molecule has 1 rings (SSSR count). The van der Waals surface area contributed by atoms with Crippen LogP contribution in [0, 0.1) is 6.92 Å². The monoisotopic (exact) mass is 352 g/mol. The predicted molar refractivity (Wildman–Crippen MR) is 77.7 cm³/mol. The Balaban J connectivity index is 3.37. The summed E-state index contributed by atoms with van der Waals surface area (Å²) in [6, 6.07) is 0. The first kappa shape index (κ1) is 18.9. The van der Waals surface area contributed by atoms with Crippen LogP contribution in [-0.2, 0) is 9.53 Å². The van der Waals surface area contributed by atoms with Crippen molar-refractivity contribution in [2.24, 2.45) is 0 Å². The van der Waals surface area contributed by atoms with Gasteiger partial charge in [-0.1, -0.05) is 0 Å². The summed E-state index contributed by atoms with van der Waals surface area (Å²) in [7, 11) is 2.92. The van der Waals surface area contributed by atoms with Crippen LogP contribution in [0.4, 0.5) is 18.2 Å². The maximum absolute atomic E-state index is 12.4. The van der Waals surface area contributed by atoms with Gasteiger partial charge in [-0.2, -0.15) is 13.2 Å². The summed E-state index contributed by atoms with van der Waals surface area (Å²) in [4.78, 5) is 36.4. The van der Waals surface area contributed by atoms with Crippen LogP contribution in [0.3, 0.4) is 0 Å². The molecule has 1 heterocycles. The van der Waals surface area contributed by atoms with Crippen LogP contribution in [0.15, 0.2) is 0 Å². The Morgan fingerprint density at radius 1 is 1.26 bits per heavy atom. The number of rotatable bonds is 4. The van der Waals surface area contributed by atoms with Crippen molar-refractivity contribution >= 4 is 34.1 Å². The van der Waals surface area contributed by atoms with Gasteiger partial charge in [0.2, 0.25) is 0 Å². The lowest BCUT2D eigenvalue weighted by Gasteiger charge is -2.09. The first-order chi connectivity index (χ1) is 10.5. The molecular weight excluding hydrogens is 337 g/mol. The number of amides is 2. The Morgan fingerprint density at radius 2 is 1.83 bits per heavy atom. The minimum atomic E-state index is -5.12. The predicted octanol–water partition coefficient (Wildman–Crippen LogP) is 2.44. The molecule has 1 N–H and O–H groups in total. The van der Waals surface area contributed by atoms with Gasteiger partial charge in [-0.15, -0.1) is 11.3 Å². The lowest BCUT2D eigenvalue weighted by atomic mass is 10.1. The molecule has 0 atom stereocenters. The Kier molecular flexibility index (Phi) is 5.75. The van der Waals surface area contributed by atoms with Crippen molar-refractivity contribution in [2.45, 2.75) is 20.0 Å². The lowest BCUT2D eigenvalue weighted by Crippen LogP contribution is -2.30. The summed E-state index contributed by atoms with van der Waals surface area (Å²) in [5.74, 6) is -3.63. The second-order valence-corrected chi connectivity index (χ2v) is 5.65. The Hall–Kier alpha value is -2.10. The third kappa shape index (κ3) is 4.21. The van der Waals surface area contributed by atoms with Gasteiger partial charge in [-0.25, -0.2) is 4.79 Å². The number of anilines is 1. The highest BCUT2D eigenvalue weighted by Gasteiger charge is 2.40. The van der Waals surface area contributed by atoms with E-state index in [-0.39, 0.29) is 27.6 Å². The zero-order valence-corrected chi connectivity index (χ0v) is 13.6. The fourth-order valence-electron chi connectivity index (χ4n) is 1.63. The average molecular weight is 352 g/mol. The lowest BCUT2D eigenvalue weighted by molar-refractivity contribution is -0.167. The third-order valence-electron chi connectivity index (χ3n) is 2.71. The third-order valence-corrected chi connectivity index (χ3v) is 3.91. The number of carbonyl (C=O) groups is 3. The molecule has 0 aliphatic heterocycles. The quantitative estimate of drug-likeness (QED) is 0.845. The van der Waals surface area contributed by atoms with Crippen LogP contribution >= 0.6 is 11.3 Å². The van der Waals surface area contributed by atoms with E-state index >= 15 is 0 Å². The number of alkyl halides is 3. The second kappa shape index (κ2) is 6.99. The highest BCUT2D eigenvalue weighted by Crippen LogP contribution is 2.35. The molecule has 0 aromatic carbocycles. The van der Waals surface area contributed by atoms with E-state index in [2.05, 4.69) is 0 Å². The topological polar surface area (TPSA) is 75.7 Å². The first-order valence-electron chi connectivity index (χ1n) is 6.41. The molecule has 1 aromatic heterocycles. The highest BCUT2D eigenvalue weighted by atomic mass is 32.1. The molecule has 0 spiro atoms. The van der Waals surface area contributed by atoms with Gasteiger partial charge in [0.25, 0.3) is 5.91 Å². The largest absolute Gasteiger partial charge is 0.471 e. The smallest absolute Gasteiger partial charge is 0.462 e. The average Bonchev–Trinajstić information content (AvgIpc) is 2.73. The number of nitrogens with zero attached hydrogens (tertiary/aromatic N) is 1. The van der Waals surface area contributed by atoms with Crippen molar-refractivity contribution in [3.63, 3.8) is 0 Å². The zero-order chi connectivity index (χ0) is 17.9. The maximum atomic E-state index is 12.4. The minimum absolute atomic E-state index is 0.00224. The number of ether oxygens (including phenoxy) is 1. The number of halogens is 3. The highest BCUT2D eigenvalue weighted by molar-refractivity contribution is 7.18. The summed E-state index contributed by atoms with van der Waals surface area (Å²) in [5, 5.41) is 1.26. The van der Waals surface area contributed by atoms with Crippen molar-refractivity contribution < 1.29 is 32.3 Å². The standard InChI is InChI=1S/C13H15F3N2O4S/c1-5-22-11(20)7-6(2)8(10(19)18(3)4)23-9(7)17-12(21)13(14,15)16/h5H2,1-4H3,(H,17,21). The van der Waals surface area contributed by atoms with E-state index in [1.165, 1.54) is 32.8 Å². The number of carbonyl (C=O) groups excluding carboxylic acids is 3. The van der Waals surface area contributed by atoms with Gasteiger partial charge in [0.15, 0.2) is 0 Å². The SMILES string of the molecule is CCOC(=O)c1c(NC(=O)C(F)(F)F)sc(C(=O)N(C)C)c1C. The molecule has 0 aliphatic carbocycles. The van der Waals surface area contributed by atoms with Gasteiger partial charge in [0.1, 0.15) is 5.00 Å². The molecule has 0 saturated heterocycles. The minimum Gasteiger partial charge on any atom is -0.462 e. The van der Waals surface area contributed by atoms with Crippen molar-refractivity contribution in [1.82, 2.24) is 4.90 Å². The van der Waals surface area contributed by atoms with E-state index in [9.17, 15) is 27.6 Å². The molecule has 10 heteroatoms. The van der Waals surface area contributed by atoms with Gasteiger partial charge >= 0.3 is 18.1 Å². The van der Waals surface area contributed by atoms with Gasteiger partial charge < -0.3 is 15.0 Å². The van der Waals surface area contributed by atoms with Crippen LogP contribution in [0.5, 0.6) is 0 Å². The first-order valence-corrected chi connectivity index (χ1v) is 7.22. The van der Waals surface area contributed by atoms with E-state index in [4.69, 9.17) is 4.74 Å². The molecule has 0 bridgehead atoms. The van der Waals surface area contributed by atoms with Crippen LogP contribution in [0.2, 0.25) is 0 Å². The fourth-order valence-corrected chi connectivity index (χ4v) is 2.84. The van der Waals surface area contributed by atoms with Crippen molar-refractivity contribution in [2.75, 3.05) is 26.0 Å². The van der Waals surface area contributed by atoms with Crippen molar-refractivity contribution in [3.8, 4) is 0 Å².